The molecule has 0 aliphatic rings. The first-order valence-corrected chi connectivity index (χ1v) is 7.43. The predicted octanol–water partition coefficient (Wildman–Crippen LogP) is 3.39. The van der Waals surface area contributed by atoms with Gasteiger partial charge < -0.3 is 15.5 Å². The summed E-state index contributed by atoms with van der Waals surface area (Å²) < 4.78 is 6.51. The van der Waals surface area contributed by atoms with Crippen molar-refractivity contribution in [2.45, 2.75) is 25.9 Å². The highest BCUT2D eigenvalue weighted by molar-refractivity contribution is 7.19. The fraction of sp³-hybridized carbons (Fsp3) is 0.267. The lowest BCUT2D eigenvalue weighted by atomic mass is 10.2. The molecule has 3 rings (SSSR count). The van der Waals surface area contributed by atoms with Crippen molar-refractivity contribution >= 4 is 27.2 Å². The van der Waals surface area contributed by atoms with Crippen LogP contribution in [0.4, 0.5) is 5.69 Å². The molecule has 104 valence electrons. The van der Waals surface area contributed by atoms with Crippen molar-refractivity contribution in [1.82, 2.24) is 4.98 Å². The largest absolute Gasteiger partial charge is 0.467 e. The van der Waals surface area contributed by atoms with E-state index >= 15 is 0 Å². The number of fused-ring (bicyclic) bond motifs is 1. The second-order valence-corrected chi connectivity index (χ2v) is 6.04. The quantitative estimate of drug-likeness (QED) is 0.755. The molecule has 1 atom stereocenters. The number of hydrogen-bond donors (Lipinski definition) is 2. The zero-order chi connectivity index (χ0) is 13.9. The summed E-state index contributed by atoms with van der Waals surface area (Å²) in [6.45, 7) is 2.69. The molecule has 0 radical (unpaired) electrons. The molecule has 0 bridgehead atoms. The van der Waals surface area contributed by atoms with E-state index in [0.717, 1.165) is 23.4 Å². The van der Waals surface area contributed by atoms with Crippen LogP contribution in [0.5, 0.6) is 0 Å². The Balaban J connectivity index is 1.84. The number of thiophene rings is 1. The van der Waals surface area contributed by atoms with Gasteiger partial charge in [-0.2, -0.15) is 0 Å². The Morgan fingerprint density at radius 1 is 1.45 bits per heavy atom. The van der Waals surface area contributed by atoms with Crippen LogP contribution in [0.1, 0.15) is 17.6 Å². The molecule has 3 heterocycles. The first-order valence-electron chi connectivity index (χ1n) is 6.61. The lowest BCUT2D eigenvalue weighted by Crippen LogP contribution is -2.16. The lowest BCUT2D eigenvalue weighted by Gasteiger charge is -2.05. The number of furan rings is 1. The van der Waals surface area contributed by atoms with E-state index in [9.17, 15) is 0 Å². The summed E-state index contributed by atoms with van der Waals surface area (Å²) >= 11 is 1.75. The van der Waals surface area contributed by atoms with Gasteiger partial charge in [-0.25, -0.2) is 0 Å². The minimum Gasteiger partial charge on any atom is -0.467 e. The van der Waals surface area contributed by atoms with Gasteiger partial charge in [-0.1, -0.05) is 0 Å². The fourth-order valence-electron chi connectivity index (χ4n) is 2.14. The second-order valence-electron chi connectivity index (χ2n) is 4.90. The Kier molecular flexibility index (Phi) is 3.71. The Hall–Kier alpha value is -1.85. The maximum atomic E-state index is 5.87. The second kappa shape index (κ2) is 5.64. The summed E-state index contributed by atoms with van der Waals surface area (Å²) in [5, 5.41) is 3.40. The van der Waals surface area contributed by atoms with Crippen molar-refractivity contribution in [3.05, 3.63) is 47.4 Å². The van der Waals surface area contributed by atoms with Crippen LogP contribution in [0.25, 0.3) is 10.2 Å². The summed E-state index contributed by atoms with van der Waals surface area (Å²) in [5.41, 5.74) is 7.98. The third kappa shape index (κ3) is 2.84. The topological polar surface area (TPSA) is 64.1 Å². The summed E-state index contributed by atoms with van der Waals surface area (Å²) in [6, 6.07) is 8.15. The molecule has 5 heteroatoms. The molecule has 0 saturated carbocycles. The Labute approximate surface area is 121 Å². The van der Waals surface area contributed by atoms with Crippen LogP contribution >= 0.6 is 11.3 Å². The smallest absolute Gasteiger partial charge is 0.122 e. The maximum Gasteiger partial charge on any atom is 0.122 e. The van der Waals surface area contributed by atoms with E-state index in [2.05, 4.69) is 16.4 Å². The SMILES string of the molecule is C[C@H](N)Cc1cc2nccc(NCc3ccco3)c2s1. The molecule has 3 aromatic rings. The van der Waals surface area contributed by atoms with Crippen LogP contribution in [0.15, 0.2) is 41.1 Å². The number of rotatable bonds is 5. The van der Waals surface area contributed by atoms with E-state index in [-0.39, 0.29) is 6.04 Å². The van der Waals surface area contributed by atoms with Crippen LogP contribution in [-0.2, 0) is 13.0 Å². The standard InChI is InChI=1S/C15H17N3OS/c1-10(16)7-12-8-14-15(20-12)13(4-5-17-14)18-9-11-3-2-6-19-11/h2-6,8,10H,7,9,16H2,1H3,(H,17,18)/t10-/m0/s1. The highest BCUT2D eigenvalue weighted by Crippen LogP contribution is 2.31. The van der Waals surface area contributed by atoms with E-state index < -0.39 is 0 Å². The number of aromatic nitrogens is 1. The molecule has 3 aromatic heterocycles. The number of nitrogens with two attached hydrogens (primary N) is 1. The number of nitrogens with zero attached hydrogens (tertiary/aromatic N) is 1. The van der Waals surface area contributed by atoms with Crippen LogP contribution in [0.2, 0.25) is 0 Å². The summed E-state index contributed by atoms with van der Waals surface area (Å²) in [4.78, 5) is 5.69. The highest BCUT2D eigenvalue weighted by atomic mass is 32.1. The molecule has 0 amide bonds. The van der Waals surface area contributed by atoms with Crippen LogP contribution in [0.3, 0.4) is 0 Å². The molecule has 3 N–H and O–H groups in total. The average molecular weight is 287 g/mol. The van der Waals surface area contributed by atoms with E-state index in [4.69, 9.17) is 10.2 Å². The van der Waals surface area contributed by atoms with Gasteiger partial charge in [0.2, 0.25) is 0 Å². The Bertz CT molecular complexity index is 688. The van der Waals surface area contributed by atoms with Gasteiger partial charge in [0.15, 0.2) is 0 Å². The normalized spacial score (nSPS) is 12.7. The maximum absolute atomic E-state index is 5.87. The molecule has 0 aromatic carbocycles. The van der Waals surface area contributed by atoms with E-state index in [0.29, 0.717) is 6.54 Å². The molecular weight excluding hydrogens is 270 g/mol. The highest BCUT2D eigenvalue weighted by Gasteiger charge is 2.09. The molecule has 0 unspecified atom stereocenters. The molecule has 20 heavy (non-hydrogen) atoms. The van der Waals surface area contributed by atoms with Crippen molar-refractivity contribution in [2.75, 3.05) is 5.32 Å². The predicted molar refractivity (Wildman–Crippen MR) is 83.0 cm³/mol. The molecule has 0 aliphatic heterocycles. The summed E-state index contributed by atoms with van der Waals surface area (Å²) in [7, 11) is 0. The van der Waals surface area contributed by atoms with E-state index in [1.807, 2.05) is 31.3 Å². The van der Waals surface area contributed by atoms with Gasteiger partial charge in [-0.15, -0.1) is 11.3 Å². The number of hydrogen-bond acceptors (Lipinski definition) is 5. The van der Waals surface area contributed by atoms with Gasteiger partial charge in [0.25, 0.3) is 0 Å². The summed E-state index contributed by atoms with van der Waals surface area (Å²) in [5.74, 6) is 0.919. The van der Waals surface area contributed by atoms with Crippen LogP contribution in [-0.4, -0.2) is 11.0 Å². The van der Waals surface area contributed by atoms with Gasteiger partial charge in [0.05, 0.1) is 28.7 Å². The zero-order valence-corrected chi connectivity index (χ0v) is 12.1. The zero-order valence-electron chi connectivity index (χ0n) is 11.3. The molecular formula is C15H17N3OS. The molecule has 0 aliphatic carbocycles. The van der Waals surface area contributed by atoms with E-state index in [1.54, 1.807) is 17.6 Å². The molecule has 0 saturated heterocycles. The van der Waals surface area contributed by atoms with Crippen molar-refractivity contribution < 1.29 is 4.42 Å². The third-order valence-electron chi connectivity index (χ3n) is 3.02. The van der Waals surface area contributed by atoms with Crippen molar-refractivity contribution in [2.24, 2.45) is 5.73 Å². The number of nitrogens with one attached hydrogen (secondary N) is 1. The molecule has 0 fully saturated rings. The lowest BCUT2D eigenvalue weighted by molar-refractivity contribution is 0.518. The average Bonchev–Trinajstić information content (AvgIpc) is 3.03. The van der Waals surface area contributed by atoms with Gasteiger partial charge in [0, 0.05) is 17.1 Å². The van der Waals surface area contributed by atoms with Crippen LogP contribution in [0, 0.1) is 0 Å². The van der Waals surface area contributed by atoms with Crippen molar-refractivity contribution in [3.63, 3.8) is 0 Å². The minimum atomic E-state index is 0.169. The van der Waals surface area contributed by atoms with Crippen molar-refractivity contribution in [3.8, 4) is 0 Å². The van der Waals surface area contributed by atoms with E-state index in [1.165, 1.54) is 9.58 Å². The Morgan fingerprint density at radius 3 is 3.10 bits per heavy atom. The van der Waals surface area contributed by atoms with Crippen molar-refractivity contribution in [1.29, 1.82) is 0 Å². The minimum absolute atomic E-state index is 0.169. The number of pyridine rings is 1. The first-order chi connectivity index (χ1) is 9.72. The molecule has 4 nitrogen and oxygen atoms in total. The summed E-state index contributed by atoms with van der Waals surface area (Å²) in [6.07, 6.45) is 4.40. The first kappa shape index (κ1) is 13.1. The third-order valence-corrected chi connectivity index (χ3v) is 4.20. The Morgan fingerprint density at radius 2 is 2.35 bits per heavy atom. The monoisotopic (exact) mass is 287 g/mol. The fourth-order valence-corrected chi connectivity index (χ4v) is 3.39. The van der Waals surface area contributed by atoms with Gasteiger partial charge in [-0.3, -0.25) is 4.98 Å². The van der Waals surface area contributed by atoms with Gasteiger partial charge >= 0.3 is 0 Å². The molecule has 0 spiro atoms. The van der Waals surface area contributed by atoms with Gasteiger partial charge in [-0.05, 0) is 37.6 Å². The number of anilines is 1. The van der Waals surface area contributed by atoms with Crippen LogP contribution < -0.4 is 11.1 Å². The van der Waals surface area contributed by atoms with Gasteiger partial charge in [0.1, 0.15) is 5.76 Å².